The Bertz CT molecular complexity index is 580. The third kappa shape index (κ3) is 5.71. The van der Waals surface area contributed by atoms with Crippen molar-refractivity contribution in [1.29, 1.82) is 0 Å². The minimum atomic E-state index is -5.34. The van der Waals surface area contributed by atoms with E-state index in [0.29, 0.717) is 12.5 Å². The van der Waals surface area contributed by atoms with E-state index < -0.39 is 18.3 Å². The van der Waals surface area contributed by atoms with E-state index in [1.54, 1.807) is 18.5 Å². The van der Waals surface area contributed by atoms with Crippen molar-refractivity contribution in [3.63, 3.8) is 0 Å². The smallest absolute Gasteiger partial charge is 0.493 e. The average molecular weight is 323 g/mol. The number of ether oxygens (including phenoxy) is 1. The molecule has 1 aromatic carbocycles. The normalized spacial score (nSPS) is 10.9. The van der Waals surface area contributed by atoms with Gasteiger partial charge in [-0.15, -0.1) is 0 Å². The minimum Gasteiger partial charge on any atom is -0.493 e. The van der Waals surface area contributed by atoms with Crippen LogP contribution in [0, 0.1) is 5.82 Å². The average Bonchev–Trinajstić information content (AvgIpc) is 2.38. The second kappa shape index (κ2) is 8.28. The van der Waals surface area contributed by atoms with Gasteiger partial charge in [0.1, 0.15) is 5.75 Å². The molecule has 21 heavy (non-hydrogen) atoms. The Morgan fingerprint density at radius 1 is 1.14 bits per heavy atom. The van der Waals surface area contributed by atoms with Crippen LogP contribution in [-0.2, 0) is 6.42 Å². The fourth-order valence-corrected chi connectivity index (χ4v) is 1.70. The molecular weight excluding hydrogens is 312 g/mol. The zero-order valence-electron chi connectivity index (χ0n) is 11.4. The molecule has 0 fully saturated rings. The van der Waals surface area contributed by atoms with Crippen molar-refractivity contribution in [3.8, 4) is 5.75 Å². The van der Waals surface area contributed by atoms with Crippen LogP contribution in [0.2, 0.25) is 0 Å². The standard InChI is InChI=1S/C13H11BF4NO.K/c15-13-8-11(3-4-12(13)14(16,17)18)20-7-5-10-2-1-6-19-9-10;/h1-4,6,8-9H,5,7H2;/q-1;+1. The summed E-state index contributed by atoms with van der Waals surface area (Å²) < 4.78 is 55.8. The van der Waals surface area contributed by atoms with Gasteiger partial charge >= 0.3 is 58.4 Å². The van der Waals surface area contributed by atoms with E-state index in [-0.39, 0.29) is 63.7 Å². The first-order chi connectivity index (χ1) is 9.47. The maximum absolute atomic E-state index is 13.3. The molecule has 0 saturated heterocycles. The second-order valence-electron chi connectivity index (χ2n) is 4.22. The van der Waals surface area contributed by atoms with Crippen molar-refractivity contribution in [2.45, 2.75) is 6.42 Å². The molecule has 2 nitrogen and oxygen atoms in total. The van der Waals surface area contributed by atoms with Gasteiger partial charge < -0.3 is 17.7 Å². The molecule has 2 rings (SSSR count). The third-order valence-electron chi connectivity index (χ3n) is 2.71. The molecule has 1 heterocycles. The predicted octanol–water partition coefficient (Wildman–Crippen LogP) is -0.0994. The molecule has 0 saturated carbocycles. The van der Waals surface area contributed by atoms with Crippen LogP contribution < -0.4 is 61.6 Å². The Hall–Kier alpha value is -0.409. The zero-order chi connectivity index (χ0) is 14.6. The van der Waals surface area contributed by atoms with E-state index >= 15 is 0 Å². The van der Waals surface area contributed by atoms with E-state index in [4.69, 9.17) is 4.74 Å². The fourth-order valence-electron chi connectivity index (χ4n) is 1.70. The number of pyridine rings is 1. The molecule has 0 N–H and O–H groups in total. The van der Waals surface area contributed by atoms with Crippen LogP contribution in [0.3, 0.4) is 0 Å². The monoisotopic (exact) mass is 323 g/mol. The van der Waals surface area contributed by atoms with E-state index in [2.05, 4.69) is 4.98 Å². The van der Waals surface area contributed by atoms with Crippen molar-refractivity contribution >= 4 is 12.4 Å². The zero-order valence-corrected chi connectivity index (χ0v) is 14.5. The third-order valence-corrected chi connectivity index (χ3v) is 2.71. The number of hydrogen-bond acceptors (Lipinski definition) is 2. The first kappa shape index (κ1) is 18.6. The van der Waals surface area contributed by atoms with Gasteiger partial charge in [-0.3, -0.25) is 4.98 Å². The molecule has 0 aliphatic carbocycles. The number of hydrogen-bond donors (Lipinski definition) is 0. The molecule has 8 heteroatoms. The van der Waals surface area contributed by atoms with Gasteiger partial charge in [-0.2, -0.15) is 0 Å². The predicted molar refractivity (Wildman–Crippen MR) is 68.5 cm³/mol. The summed E-state index contributed by atoms with van der Waals surface area (Å²) in [4.78, 5) is 3.92. The summed E-state index contributed by atoms with van der Waals surface area (Å²) in [6.07, 6.45) is 3.84. The van der Waals surface area contributed by atoms with Crippen LogP contribution in [0.1, 0.15) is 5.56 Å². The number of benzene rings is 1. The fraction of sp³-hybridized carbons (Fsp3) is 0.154. The first-order valence-corrected chi connectivity index (χ1v) is 5.98. The van der Waals surface area contributed by atoms with Gasteiger partial charge in [0.2, 0.25) is 0 Å². The number of halogens is 4. The Balaban J connectivity index is 0.00000220. The van der Waals surface area contributed by atoms with Crippen LogP contribution in [0.25, 0.3) is 0 Å². The van der Waals surface area contributed by atoms with Crippen LogP contribution in [0.5, 0.6) is 5.75 Å². The van der Waals surface area contributed by atoms with Crippen LogP contribution in [0.4, 0.5) is 17.3 Å². The van der Waals surface area contributed by atoms with Gasteiger partial charge in [-0.1, -0.05) is 17.6 Å². The molecule has 0 aliphatic heterocycles. The number of nitrogens with zero attached hydrogens (tertiary/aromatic N) is 1. The molecule has 0 amide bonds. The summed E-state index contributed by atoms with van der Waals surface area (Å²) in [7, 11) is 0. The number of rotatable bonds is 5. The molecule has 0 radical (unpaired) electrons. The van der Waals surface area contributed by atoms with Crippen molar-refractivity contribution in [2.75, 3.05) is 6.61 Å². The topological polar surface area (TPSA) is 22.1 Å². The Labute approximate surface area is 162 Å². The minimum absolute atomic E-state index is 0. The van der Waals surface area contributed by atoms with Crippen LogP contribution >= 0.6 is 0 Å². The van der Waals surface area contributed by atoms with Crippen LogP contribution in [0.15, 0.2) is 42.7 Å². The van der Waals surface area contributed by atoms with Gasteiger partial charge in [-0.05, 0) is 17.7 Å². The van der Waals surface area contributed by atoms with E-state index in [1.807, 2.05) is 6.07 Å². The summed E-state index contributed by atoms with van der Waals surface area (Å²) in [6, 6.07) is 6.21. The van der Waals surface area contributed by atoms with Gasteiger partial charge in [0.15, 0.2) is 0 Å². The molecule has 0 unspecified atom stereocenters. The van der Waals surface area contributed by atoms with E-state index in [1.165, 1.54) is 0 Å². The molecule has 0 atom stereocenters. The molecule has 1 aromatic heterocycles. The largest absolute Gasteiger partial charge is 1.00 e. The van der Waals surface area contributed by atoms with Gasteiger partial charge in [0, 0.05) is 24.9 Å². The summed E-state index contributed by atoms with van der Waals surface area (Å²) in [5.74, 6) is -1.23. The van der Waals surface area contributed by atoms with Crippen molar-refractivity contribution < 1.29 is 73.5 Å². The molecule has 0 aliphatic rings. The van der Waals surface area contributed by atoms with E-state index in [0.717, 1.165) is 17.7 Å². The Morgan fingerprint density at radius 2 is 1.90 bits per heavy atom. The SMILES string of the molecule is Fc1cc(OCCc2cccnc2)ccc1[B-](F)(F)F.[K+]. The molecule has 106 valence electrons. The van der Waals surface area contributed by atoms with Crippen molar-refractivity contribution in [1.82, 2.24) is 4.98 Å². The quantitative estimate of drug-likeness (QED) is 0.566. The first-order valence-electron chi connectivity index (χ1n) is 5.98. The second-order valence-corrected chi connectivity index (χ2v) is 4.22. The maximum atomic E-state index is 13.3. The molecule has 2 aromatic rings. The summed E-state index contributed by atoms with van der Waals surface area (Å²) in [5.41, 5.74) is -0.298. The van der Waals surface area contributed by atoms with Crippen LogP contribution in [-0.4, -0.2) is 18.6 Å². The van der Waals surface area contributed by atoms with Crippen molar-refractivity contribution in [3.05, 3.63) is 54.1 Å². The Morgan fingerprint density at radius 3 is 2.48 bits per heavy atom. The number of aromatic nitrogens is 1. The summed E-state index contributed by atoms with van der Waals surface area (Å²) in [5, 5.41) is 0. The van der Waals surface area contributed by atoms with Crippen molar-refractivity contribution in [2.24, 2.45) is 0 Å². The van der Waals surface area contributed by atoms with Gasteiger partial charge in [0.05, 0.1) is 12.4 Å². The summed E-state index contributed by atoms with van der Waals surface area (Å²) in [6.45, 7) is -5.10. The van der Waals surface area contributed by atoms with Gasteiger partial charge in [-0.25, -0.2) is 4.39 Å². The maximum Gasteiger partial charge on any atom is 1.00 e. The Kier molecular flexibility index (Phi) is 7.35. The van der Waals surface area contributed by atoms with Gasteiger partial charge in [0.25, 0.3) is 0 Å². The summed E-state index contributed by atoms with van der Waals surface area (Å²) >= 11 is 0. The van der Waals surface area contributed by atoms with E-state index in [9.17, 15) is 17.3 Å². The molecular formula is C13H11BF4KNO. The molecule has 0 bridgehead atoms. The molecule has 0 spiro atoms.